The first kappa shape index (κ1) is 20.3. The molecule has 0 radical (unpaired) electrons. The van der Waals surface area contributed by atoms with E-state index in [9.17, 15) is 15.8 Å². The fourth-order valence-electron chi connectivity index (χ4n) is 4.42. The smallest absolute Gasteiger partial charge is 0.191 e. The quantitative estimate of drug-likeness (QED) is 0.840. The number of benzene rings is 1. The number of methoxy groups -OCH3 is 2. The molecule has 0 amide bonds. The normalized spacial score (nSPS) is 23.1. The van der Waals surface area contributed by atoms with Crippen LogP contribution in [0.4, 0.5) is 0 Å². The fraction of sp³-hybridized carbons (Fsp3) is 0.409. The van der Waals surface area contributed by atoms with E-state index in [1.54, 1.807) is 32.4 Å². The monoisotopic (exact) mass is 389 g/mol. The highest BCUT2D eigenvalue weighted by Gasteiger charge is 2.55. The van der Waals surface area contributed by atoms with Gasteiger partial charge in [0.05, 0.1) is 37.6 Å². The molecule has 0 aromatic heterocycles. The second-order valence-electron chi connectivity index (χ2n) is 7.14. The summed E-state index contributed by atoms with van der Waals surface area (Å²) in [5, 5.41) is 30.1. The minimum absolute atomic E-state index is 0.00678. The number of hydrogen-bond acceptors (Lipinski definition) is 7. The molecule has 0 fully saturated rings. The SMILES string of the molecule is CCN1CC=C2C(C#N)=C(N)C(C#N)(C#N)[C@H](c3cc(OC)ccc3OC)[C@@H]2C1. The predicted molar refractivity (Wildman–Crippen MR) is 106 cm³/mol. The summed E-state index contributed by atoms with van der Waals surface area (Å²) in [6.07, 6.45) is 1.99. The van der Waals surface area contributed by atoms with Gasteiger partial charge in [-0.2, -0.15) is 15.8 Å². The first-order valence-corrected chi connectivity index (χ1v) is 9.38. The maximum Gasteiger partial charge on any atom is 0.191 e. The molecule has 0 unspecified atom stereocenters. The molecular weight excluding hydrogens is 366 g/mol. The van der Waals surface area contributed by atoms with Crippen molar-refractivity contribution in [2.24, 2.45) is 17.1 Å². The Labute approximate surface area is 170 Å². The van der Waals surface area contributed by atoms with Crippen LogP contribution < -0.4 is 15.2 Å². The van der Waals surface area contributed by atoms with Crippen molar-refractivity contribution in [3.8, 4) is 29.7 Å². The van der Waals surface area contributed by atoms with Crippen LogP contribution in [0.1, 0.15) is 18.4 Å². The number of nitrogens with zero attached hydrogens (tertiary/aromatic N) is 4. The van der Waals surface area contributed by atoms with Gasteiger partial charge in [-0.15, -0.1) is 0 Å². The topological polar surface area (TPSA) is 119 Å². The van der Waals surface area contributed by atoms with Gasteiger partial charge in [-0.25, -0.2) is 0 Å². The third-order valence-electron chi connectivity index (χ3n) is 5.96. The number of nitrogens with two attached hydrogens (primary N) is 1. The van der Waals surface area contributed by atoms with Gasteiger partial charge in [0, 0.05) is 30.5 Å². The zero-order valence-electron chi connectivity index (χ0n) is 16.8. The molecule has 7 heteroatoms. The zero-order valence-corrected chi connectivity index (χ0v) is 16.8. The summed E-state index contributed by atoms with van der Waals surface area (Å²) < 4.78 is 11.0. The molecule has 2 atom stereocenters. The van der Waals surface area contributed by atoms with E-state index in [0.29, 0.717) is 30.2 Å². The van der Waals surface area contributed by atoms with Gasteiger partial charge in [0.1, 0.15) is 17.6 Å². The van der Waals surface area contributed by atoms with Crippen LogP contribution in [-0.2, 0) is 0 Å². The van der Waals surface area contributed by atoms with Crippen LogP contribution in [0.25, 0.3) is 0 Å². The van der Waals surface area contributed by atoms with Crippen LogP contribution in [0.2, 0.25) is 0 Å². The molecule has 3 rings (SSSR count). The first-order chi connectivity index (χ1) is 14.0. The molecule has 0 spiro atoms. The van der Waals surface area contributed by atoms with E-state index >= 15 is 0 Å². The molecule has 1 heterocycles. The number of allylic oxidation sites excluding steroid dienone is 2. The molecule has 1 aliphatic carbocycles. The Morgan fingerprint density at radius 1 is 1.21 bits per heavy atom. The molecule has 0 saturated heterocycles. The van der Waals surface area contributed by atoms with E-state index in [-0.39, 0.29) is 17.2 Å². The number of hydrogen-bond donors (Lipinski definition) is 1. The third-order valence-corrected chi connectivity index (χ3v) is 5.96. The van der Waals surface area contributed by atoms with Crippen molar-refractivity contribution >= 4 is 0 Å². The Balaban J connectivity index is 2.37. The van der Waals surface area contributed by atoms with E-state index in [2.05, 4.69) is 30.0 Å². The van der Waals surface area contributed by atoms with Crippen LogP contribution in [0, 0.1) is 45.3 Å². The molecule has 148 valence electrons. The van der Waals surface area contributed by atoms with Crippen molar-refractivity contribution in [2.75, 3.05) is 33.9 Å². The van der Waals surface area contributed by atoms with Crippen molar-refractivity contribution in [2.45, 2.75) is 12.8 Å². The largest absolute Gasteiger partial charge is 0.497 e. The first-order valence-electron chi connectivity index (χ1n) is 9.38. The van der Waals surface area contributed by atoms with Gasteiger partial charge >= 0.3 is 0 Å². The maximum absolute atomic E-state index is 10.2. The van der Waals surface area contributed by atoms with Crippen molar-refractivity contribution < 1.29 is 9.47 Å². The molecule has 2 N–H and O–H groups in total. The van der Waals surface area contributed by atoms with Gasteiger partial charge in [-0.3, -0.25) is 4.90 Å². The Hall–Kier alpha value is -3.47. The van der Waals surface area contributed by atoms with Crippen LogP contribution >= 0.6 is 0 Å². The van der Waals surface area contributed by atoms with Crippen LogP contribution in [-0.4, -0.2) is 38.8 Å². The average Bonchev–Trinajstić information content (AvgIpc) is 2.77. The molecule has 0 saturated carbocycles. The summed E-state index contributed by atoms with van der Waals surface area (Å²) in [6, 6.07) is 11.8. The van der Waals surface area contributed by atoms with Gasteiger partial charge in [0.25, 0.3) is 0 Å². The van der Waals surface area contributed by atoms with Gasteiger partial charge in [0.15, 0.2) is 5.41 Å². The van der Waals surface area contributed by atoms with E-state index in [1.807, 2.05) is 6.08 Å². The van der Waals surface area contributed by atoms with E-state index < -0.39 is 11.3 Å². The van der Waals surface area contributed by atoms with Gasteiger partial charge in [-0.1, -0.05) is 13.0 Å². The van der Waals surface area contributed by atoms with E-state index in [4.69, 9.17) is 15.2 Å². The summed E-state index contributed by atoms with van der Waals surface area (Å²) in [5.41, 5.74) is 6.36. The van der Waals surface area contributed by atoms with Crippen molar-refractivity contribution in [1.82, 2.24) is 4.90 Å². The molecule has 29 heavy (non-hydrogen) atoms. The predicted octanol–water partition coefficient (Wildman–Crippen LogP) is 2.45. The minimum Gasteiger partial charge on any atom is -0.497 e. The maximum atomic E-state index is 10.2. The molecule has 1 aromatic carbocycles. The van der Waals surface area contributed by atoms with Crippen LogP contribution in [0.5, 0.6) is 11.5 Å². The summed E-state index contributed by atoms with van der Waals surface area (Å²) in [4.78, 5) is 2.21. The summed E-state index contributed by atoms with van der Waals surface area (Å²) in [7, 11) is 3.10. The van der Waals surface area contributed by atoms with Crippen molar-refractivity contribution in [3.05, 3.63) is 46.7 Å². The molecule has 1 aromatic rings. The highest BCUT2D eigenvalue weighted by molar-refractivity contribution is 5.61. The number of likely N-dealkylation sites (N-methyl/N-ethyl adjacent to an activating group) is 1. The molecule has 7 nitrogen and oxygen atoms in total. The highest BCUT2D eigenvalue weighted by Crippen LogP contribution is 2.56. The minimum atomic E-state index is -1.69. The molecule has 0 bridgehead atoms. The number of fused-ring (bicyclic) bond motifs is 1. The van der Waals surface area contributed by atoms with Crippen LogP contribution in [0.3, 0.4) is 0 Å². The Morgan fingerprint density at radius 2 is 1.93 bits per heavy atom. The average molecular weight is 389 g/mol. The second-order valence-corrected chi connectivity index (χ2v) is 7.14. The molecular formula is C22H23N5O2. The van der Waals surface area contributed by atoms with E-state index in [1.165, 1.54) is 0 Å². The second kappa shape index (κ2) is 7.87. The Bertz CT molecular complexity index is 991. The molecule has 2 aliphatic rings. The number of ether oxygens (including phenoxy) is 2. The lowest BCUT2D eigenvalue weighted by atomic mass is 9.58. The Kier molecular flexibility index (Phi) is 5.50. The number of rotatable bonds is 4. The summed E-state index contributed by atoms with van der Waals surface area (Å²) >= 11 is 0. The van der Waals surface area contributed by atoms with Gasteiger partial charge in [-0.05, 0) is 30.3 Å². The fourth-order valence-corrected chi connectivity index (χ4v) is 4.42. The Morgan fingerprint density at radius 3 is 2.48 bits per heavy atom. The lowest BCUT2D eigenvalue weighted by molar-refractivity contribution is 0.212. The molecule has 1 aliphatic heterocycles. The van der Waals surface area contributed by atoms with Crippen molar-refractivity contribution in [1.29, 1.82) is 15.8 Å². The lowest BCUT2D eigenvalue weighted by Crippen LogP contribution is -2.48. The van der Waals surface area contributed by atoms with Crippen LogP contribution in [0.15, 0.2) is 41.1 Å². The number of nitriles is 3. The standard InChI is InChI=1S/C22H23N5O2/c1-4-27-8-7-15-17(10-23)21(26)22(12-24,13-25)20(18(15)11-27)16-9-14(28-2)5-6-19(16)29-3/h5-7,9,18,20H,4,8,11,26H2,1-3H3/t18-,20-/m1/s1. The summed E-state index contributed by atoms with van der Waals surface area (Å²) in [6.45, 7) is 4.17. The third kappa shape index (κ3) is 2.99. The van der Waals surface area contributed by atoms with Gasteiger partial charge in [0.2, 0.25) is 0 Å². The lowest BCUT2D eigenvalue weighted by Gasteiger charge is -2.45. The highest BCUT2D eigenvalue weighted by atomic mass is 16.5. The van der Waals surface area contributed by atoms with Gasteiger partial charge < -0.3 is 15.2 Å². The van der Waals surface area contributed by atoms with E-state index in [0.717, 1.165) is 12.1 Å². The zero-order chi connectivity index (χ0) is 21.2. The summed E-state index contributed by atoms with van der Waals surface area (Å²) in [5.74, 6) is 0.269. The van der Waals surface area contributed by atoms with Crippen molar-refractivity contribution in [3.63, 3.8) is 0 Å².